The number of carbonyl (C=O) groups excluding carboxylic acids is 1. The van der Waals surface area contributed by atoms with Crippen molar-refractivity contribution in [1.82, 2.24) is 16.0 Å². The van der Waals surface area contributed by atoms with E-state index < -0.39 is 0 Å². The minimum Gasteiger partial charge on any atom is -0.337 e. The first kappa shape index (κ1) is 12.2. The van der Waals surface area contributed by atoms with E-state index >= 15 is 0 Å². The fourth-order valence-corrected chi connectivity index (χ4v) is 0.879. The van der Waals surface area contributed by atoms with E-state index in [9.17, 15) is 4.79 Å². The van der Waals surface area contributed by atoms with Crippen LogP contribution in [0, 0.1) is 0 Å². The van der Waals surface area contributed by atoms with Gasteiger partial charge in [0.05, 0.1) is 0 Å². The van der Waals surface area contributed by atoms with Crippen molar-refractivity contribution in [3.63, 3.8) is 0 Å². The summed E-state index contributed by atoms with van der Waals surface area (Å²) in [6.45, 7) is 8.51. The highest BCUT2D eigenvalue weighted by Crippen LogP contribution is 1.75. The highest BCUT2D eigenvalue weighted by molar-refractivity contribution is 5.74. The van der Waals surface area contributed by atoms with E-state index in [1.807, 2.05) is 13.8 Å². The van der Waals surface area contributed by atoms with E-state index in [0.29, 0.717) is 6.54 Å². The molecular formula is C9H21N3O. The molecule has 0 aromatic carbocycles. The van der Waals surface area contributed by atoms with Crippen molar-refractivity contribution in [3.05, 3.63) is 0 Å². The highest BCUT2D eigenvalue weighted by atomic mass is 16.2. The van der Waals surface area contributed by atoms with E-state index in [-0.39, 0.29) is 12.1 Å². The fraction of sp³-hybridized carbons (Fsp3) is 0.889. The first-order valence-corrected chi connectivity index (χ1v) is 4.92. The second-order valence-corrected chi connectivity index (χ2v) is 3.30. The Balaban J connectivity index is 3.17. The molecule has 0 saturated carbocycles. The summed E-state index contributed by atoms with van der Waals surface area (Å²) in [4.78, 5) is 11.0. The van der Waals surface area contributed by atoms with Crippen molar-refractivity contribution in [3.8, 4) is 0 Å². The number of amides is 2. The van der Waals surface area contributed by atoms with Gasteiger partial charge in [0.25, 0.3) is 0 Å². The molecule has 13 heavy (non-hydrogen) atoms. The molecule has 0 fully saturated rings. The Morgan fingerprint density at radius 3 is 2.46 bits per heavy atom. The maximum absolute atomic E-state index is 11.0. The van der Waals surface area contributed by atoms with Crippen molar-refractivity contribution in [2.45, 2.75) is 33.2 Å². The number of nitrogens with one attached hydrogen (secondary N) is 3. The summed E-state index contributed by atoms with van der Waals surface area (Å²) in [6.07, 6.45) is 1.12. The first-order valence-electron chi connectivity index (χ1n) is 4.92. The number of hydrogen-bond donors (Lipinski definition) is 3. The van der Waals surface area contributed by atoms with Gasteiger partial charge in [-0.15, -0.1) is 0 Å². The lowest BCUT2D eigenvalue weighted by molar-refractivity contribution is 0.238. The summed E-state index contributed by atoms with van der Waals surface area (Å²) < 4.78 is 0. The molecule has 2 amide bonds. The van der Waals surface area contributed by atoms with Gasteiger partial charge >= 0.3 is 6.03 Å². The number of urea groups is 1. The van der Waals surface area contributed by atoms with Crippen LogP contribution in [0.1, 0.15) is 27.2 Å². The molecule has 4 nitrogen and oxygen atoms in total. The molecule has 0 unspecified atom stereocenters. The molecule has 0 aromatic rings. The lowest BCUT2D eigenvalue weighted by atomic mass is 10.4. The molecule has 0 aliphatic heterocycles. The lowest BCUT2D eigenvalue weighted by Gasteiger charge is -2.10. The summed E-state index contributed by atoms with van der Waals surface area (Å²) in [7, 11) is 0. The molecule has 0 bridgehead atoms. The average molecular weight is 187 g/mol. The van der Waals surface area contributed by atoms with Crippen LogP contribution in [0.4, 0.5) is 4.79 Å². The molecule has 78 valence electrons. The SMILES string of the molecule is CCCNCCNC(=O)NC(C)C. The third-order valence-corrected chi connectivity index (χ3v) is 1.43. The van der Waals surface area contributed by atoms with Crippen molar-refractivity contribution in [1.29, 1.82) is 0 Å². The van der Waals surface area contributed by atoms with Gasteiger partial charge in [-0.2, -0.15) is 0 Å². The monoisotopic (exact) mass is 187 g/mol. The smallest absolute Gasteiger partial charge is 0.315 e. The molecule has 3 N–H and O–H groups in total. The zero-order chi connectivity index (χ0) is 10.1. The number of rotatable bonds is 6. The molecule has 4 heteroatoms. The van der Waals surface area contributed by atoms with Gasteiger partial charge in [-0.05, 0) is 26.8 Å². The molecule has 0 aromatic heterocycles. The summed E-state index contributed by atoms with van der Waals surface area (Å²) in [5.74, 6) is 0. The second-order valence-electron chi connectivity index (χ2n) is 3.30. The Morgan fingerprint density at radius 2 is 1.92 bits per heavy atom. The molecular weight excluding hydrogens is 166 g/mol. The van der Waals surface area contributed by atoms with Gasteiger partial charge in [-0.3, -0.25) is 0 Å². The Bertz CT molecular complexity index is 137. The zero-order valence-electron chi connectivity index (χ0n) is 8.81. The van der Waals surface area contributed by atoms with Gasteiger partial charge in [0.2, 0.25) is 0 Å². The third-order valence-electron chi connectivity index (χ3n) is 1.43. The number of hydrogen-bond acceptors (Lipinski definition) is 2. The van der Waals surface area contributed by atoms with Crippen LogP contribution in [0.2, 0.25) is 0 Å². The molecule has 0 rings (SSSR count). The van der Waals surface area contributed by atoms with Gasteiger partial charge in [0.15, 0.2) is 0 Å². The molecule has 0 saturated heterocycles. The summed E-state index contributed by atoms with van der Waals surface area (Å²) in [6, 6.07) is 0.108. The van der Waals surface area contributed by atoms with Crippen LogP contribution in [0.5, 0.6) is 0 Å². The average Bonchev–Trinajstić information content (AvgIpc) is 2.02. The van der Waals surface area contributed by atoms with Gasteiger partial charge in [0.1, 0.15) is 0 Å². The largest absolute Gasteiger partial charge is 0.337 e. The second kappa shape index (κ2) is 7.86. The first-order chi connectivity index (χ1) is 6.16. The van der Waals surface area contributed by atoms with Crippen LogP contribution in [-0.4, -0.2) is 31.7 Å². The molecule has 0 aliphatic carbocycles. The minimum atomic E-state index is -0.0895. The van der Waals surface area contributed by atoms with Gasteiger partial charge in [-0.25, -0.2) is 4.79 Å². The maximum Gasteiger partial charge on any atom is 0.315 e. The predicted octanol–water partition coefficient (Wildman–Crippen LogP) is 0.694. The van der Waals surface area contributed by atoms with Crippen LogP contribution in [0.25, 0.3) is 0 Å². The fourth-order valence-electron chi connectivity index (χ4n) is 0.879. The normalized spacial score (nSPS) is 10.2. The van der Waals surface area contributed by atoms with Gasteiger partial charge in [0, 0.05) is 19.1 Å². The standard InChI is InChI=1S/C9H21N3O/c1-4-5-10-6-7-11-9(13)12-8(2)3/h8,10H,4-7H2,1-3H3,(H2,11,12,13). The minimum absolute atomic E-state index is 0.0895. The molecule has 0 aliphatic rings. The predicted molar refractivity (Wildman–Crippen MR) is 54.8 cm³/mol. The quantitative estimate of drug-likeness (QED) is 0.536. The molecule has 0 atom stereocenters. The topological polar surface area (TPSA) is 53.2 Å². The van der Waals surface area contributed by atoms with Crippen molar-refractivity contribution < 1.29 is 4.79 Å². The van der Waals surface area contributed by atoms with Crippen LogP contribution in [0.15, 0.2) is 0 Å². The van der Waals surface area contributed by atoms with Crippen molar-refractivity contribution >= 4 is 6.03 Å². The van der Waals surface area contributed by atoms with Crippen molar-refractivity contribution in [2.24, 2.45) is 0 Å². The van der Waals surface area contributed by atoms with Crippen LogP contribution in [0.3, 0.4) is 0 Å². The third kappa shape index (κ3) is 9.14. The van der Waals surface area contributed by atoms with E-state index in [4.69, 9.17) is 0 Å². The van der Waals surface area contributed by atoms with Crippen LogP contribution in [-0.2, 0) is 0 Å². The Morgan fingerprint density at radius 1 is 1.23 bits per heavy atom. The highest BCUT2D eigenvalue weighted by Gasteiger charge is 1.99. The lowest BCUT2D eigenvalue weighted by Crippen LogP contribution is -2.42. The van der Waals surface area contributed by atoms with Crippen LogP contribution >= 0.6 is 0 Å². The Hall–Kier alpha value is -0.770. The Kier molecular flexibility index (Phi) is 7.39. The molecule has 0 spiro atoms. The van der Waals surface area contributed by atoms with E-state index in [1.54, 1.807) is 0 Å². The van der Waals surface area contributed by atoms with E-state index in [0.717, 1.165) is 19.5 Å². The maximum atomic E-state index is 11.0. The van der Waals surface area contributed by atoms with Crippen molar-refractivity contribution in [2.75, 3.05) is 19.6 Å². The summed E-state index contributed by atoms with van der Waals surface area (Å²) >= 11 is 0. The Labute approximate surface area is 80.5 Å². The van der Waals surface area contributed by atoms with Gasteiger partial charge in [-0.1, -0.05) is 6.92 Å². The zero-order valence-corrected chi connectivity index (χ0v) is 8.81. The van der Waals surface area contributed by atoms with Crippen LogP contribution < -0.4 is 16.0 Å². The molecule has 0 radical (unpaired) electrons. The summed E-state index contributed by atoms with van der Waals surface area (Å²) in [5.41, 5.74) is 0. The molecule has 0 heterocycles. The summed E-state index contributed by atoms with van der Waals surface area (Å²) in [5, 5.41) is 8.72. The van der Waals surface area contributed by atoms with E-state index in [2.05, 4.69) is 22.9 Å². The van der Waals surface area contributed by atoms with E-state index in [1.165, 1.54) is 0 Å². The number of carbonyl (C=O) groups is 1. The van der Waals surface area contributed by atoms with Gasteiger partial charge < -0.3 is 16.0 Å².